The zero-order valence-corrected chi connectivity index (χ0v) is 7.64. The lowest BCUT2D eigenvalue weighted by Crippen LogP contribution is -2.11. The van der Waals surface area contributed by atoms with Gasteiger partial charge in [0.1, 0.15) is 0 Å². The van der Waals surface area contributed by atoms with E-state index in [-0.39, 0.29) is 5.69 Å². The van der Waals surface area contributed by atoms with E-state index in [2.05, 4.69) is 10.1 Å². The first-order chi connectivity index (χ1) is 6.74. The summed E-state index contributed by atoms with van der Waals surface area (Å²) in [5.74, 6) is -0.974. The summed E-state index contributed by atoms with van der Waals surface area (Å²) < 4.78 is 1.35. The fourth-order valence-corrected chi connectivity index (χ4v) is 1.39. The van der Waals surface area contributed by atoms with Crippen molar-refractivity contribution >= 4 is 11.6 Å². The maximum absolute atomic E-state index is 11.0. The highest BCUT2D eigenvalue weighted by molar-refractivity contribution is 5.87. The number of hydrogen-bond acceptors (Lipinski definition) is 3. The Labute approximate surface area is 80.0 Å². The molecular formula is C9H9N3O2. The number of aromatic nitrogens is 3. The van der Waals surface area contributed by atoms with Crippen LogP contribution in [0.15, 0.2) is 18.5 Å². The molecule has 0 amide bonds. The van der Waals surface area contributed by atoms with Crippen molar-refractivity contribution in [3.05, 3.63) is 29.7 Å². The molecule has 2 rings (SSSR count). The molecule has 2 aromatic rings. The molecule has 0 aliphatic rings. The fraction of sp³-hybridized carbons (Fsp3) is 0.222. The van der Waals surface area contributed by atoms with Gasteiger partial charge in [-0.3, -0.25) is 0 Å². The molecule has 14 heavy (non-hydrogen) atoms. The molecule has 0 saturated carbocycles. The molecule has 0 bridgehead atoms. The minimum atomic E-state index is -0.974. The average Bonchev–Trinajstić information content (AvgIpc) is 2.62. The third-order valence-corrected chi connectivity index (χ3v) is 2.07. The quantitative estimate of drug-likeness (QED) is 0.768. The lowest BCUT2D eigenvalue weighted by atomic mass is 10.2. The summed E-state index contributed by atoms with van der Waals surface area (Å²) in [4.78, 5) is 15.1. The number of carbonyl (C=O) groups is 1. The maximum Gasteiger partial charge on any atom is 0.354 e. The zero-order chi connectivity index (χ0) is 10.1. The van der Waals surface area contributed by atoms with Crippen LogP contribution in [-0.4, -0.2) is 25.7 Å². The Morgan fingerprint density at radius 3 is 3.07 bits per heavy atom. The summed E-state index contributed by atoms with van der Waals surface area (Å²) >= 11 is 0. The van der Waals surface area contributed by atoms with Gasteiger partial charge in [0.15, 0.2) is 11.3 Å². The second-order valence-electron chi connectivity index (χ2n) is 2.89. The third kappa shape index (κ3) is 1.14. The minimum absolute atomic E-state index is 0.197. The van der Waals surface area contributed by atoms with Crippen LogP contribution in [0.3, 0.4) is 0 Å². The van der Waals surface area contributed by atoms with Crippen molar-refractivity contribution in [3.63, 3.8) is 0 Å². The Bertz CT molecular complexity index is 490. The van der Waals surface area contributed by atoms with Gasteiger partial charge in [-0.1, -0.05) is 6.92 Å². The predicted molar refractivity (Wildman–Crippen MR) is 49.3 cm³/mol. The highest BCUT2D eigenvalue weighted by atomic mass is 16.4. The first kappa shape index (κ1) is 8.68. The van der Waals surface area contributed by atoms with Crippen LogP contribution in [0.1, 0.15) is 23.0 Å². The topological polar surface area (TPSA) is 67.5 Å². The highest BCUT2D eigenvalue weighted by Crippen LogP contribution is 2.10. The monoisotopic (exact) mass is 191 g/mol. The number of aromatic carboxylic acids is 1. The Balaban J connectivity index is 2.82. The number of carboxylic acid groups (broad SMARTS) is 1. The SMILES string of the molecule is CCc1cnc2ccnn2c1C(=O)O. The van der Waals surface area contributed by atoms with Crippen LogP contribution < -0.4 is 0 Å². The molecule has 0 atom stereocenters. The molecule has 1 N–H and O–H groups in total. The van der Waals surface area contributed by atoms with Gasteiger partial charge in [-0.05, 0) is 6.42 Å². The van der Waals surface area contributed by atoms with E-state index in [9.17, 15) is 4.79 Å². The number of aryl methyl sites for hydroxylation is 1. The van der Waals surface area contributed by atoms with Crippen LogP contribution in [0.4, 0.5) is 0 Å². The molecule has 0 saturated heterocycles. The van der Waals surface area contributed by atoms with Gasteiger partial charge in [-0.25, -0.2) is 14.3 Å². The van der Waals surface area contributed by atoms with Crippen molar-refractivity contribution in [2.45, 2.75) is 13.3 Å². The summed E-state index contributed by atoms with van der Waals surface area (Å²) in [5, 5.41) is 12.9. The van der Waals surface area contributed by atoms with E-state index in [4.69, 9.17) is 5.11 Å². The summed E-state index contributed by atoms with van der Waals surface area (Å²) in [7, 11) is 0. The lowest BCUT2D eigenvalue weighted by molar-refractivity contribution is 0.0686. The van der Waals surface area contributed by atoms with Gasteiger partial charge in [0.25, 0.3) is 0 Å². The van der Waals surface area contributed by atoms with Crippen LogP contribution in [0, 0.1) is 0 Å². The van der Waals surface area contributed by atoms with Crippen LogP contribution in [0.2, 0.25) is 0 Å². The van der Waals surface area contributed by atoms with Crippen molar-refractivity contribution in [3.8, 4) is 0 Å². The van der Waals surface area contributed by atoms with Crippen molar-refractivity contribution in [1.82, 2.24) is 14.6 Å². The van der Waals surface area contributed by atoms with E-state index in [0.717, 1.165) is 0 Å². The van der Waals surface area contributed by atoms with Crippen LogP contribution in [-0.2, 0) is 6.42 Å². The maximum atomic E-state index is 11.0. The Hall–Kier alpha value is -1.91. The first-order valence-electron chi connectivity index (χ1n) is 4.29. The summed E-state index contributed by atoms with van der Waals surface area (Å²) in [6.07, 6.45) is 3.75. The fourth-order valence-electron chi connectivity index (χ4n) is 1.39. The molecule has 0 unspecified atom stereocenters. The van der Waals surface area contributed by atoms with Gasteiger partial charge in [-0.2, -0.15) is 5.10 Å². The molecule has 0 aliphatic carbocycles. The molecule has 2 aromatic heterocycles. The summed E-state index contributed by atoms with van der Waals surface area (Å²) in [5.41, 5.74) is 1.44. The number of rotatable bonds is 2. The van der Waals surface area contributed by atoms with Gasteiger partial charge in [0.05, 0.1) is 6.20 Å². The predicted octanol–water partition coefficient (Wildman–Crippen LogP) is 0.990. The van der Waals surface area contributed by atoms with Gasteiger partial charge in [-0.15, -0.1) is 0 Å². The number of hydrogen-bond donors (Lipinski definition) is 1. The molecule has 5 nitrogen and oxygen atoms in total. The van der Waals surface area contributed by atoms with E-state index in [0.29, 0.717) is 17.6 Å². The molecule has 0 spiro atoms. The summed E-state index contributed by atoms with van der Waals surface area (Å²) in [6.45, 7) is 1.89. The van der Waals surface area contributed by atoms with Crippen molar-refractivity contribution in [2.75, 3.05) is 0 Å². The van der Waals surface area contributed by atoms with Crippen molar-refractivity contribution in [1.29, 1.82) is 0 Å². The Morgan fingerprint density at radius 2 is 2.43 bits per heavy atom. The molecule has 0 aliphatic heterocycles. The van der Waals surface area contributed by atoms with Gasteiger partial charge in [0, 0.05) is 17.8 Å². The Morgan fingerprint density at radius 1 is 1.64 bits per heavy atom. The molecule has 0 radical (unpaired) electrons. The minimum Gasteiger partial charge on any atom is -0.476 e. The van der Waals surface area contributed by atoms with E-state index < -0.39 is 5.97 Å². The first-order valence-corrected chi connectivity index (χ1v) is 4.29. The smallest absolute Gasteiger partial charge is 0.354 e. The van der Waals surface area contributed by atoms with E-state index in [1.807, 2.05) is 6.92 Å². The van der Waals surface area contributed by atoms with E-state index in [1.165, 1.54) is 10.7 Å². The van der Waals surface area contributed by atoms with Gasteiger partial charge >= 0.3 is 5.97 Å². The molecule has 0 aromatic carbocycles. The van der Waals surface area contributed by atoms with Crippen molar-refractivity contribution in [2.24, 2.45) is 0 Å². The molecule has 0 fully saturated rings. The number of carboxylic acids is 1. The van der Waals surface area contributed by atoms with Gasteiger partial charge in [0.2, 0.25) is 0 Å². The lowest BCUT2D eigenvalue weighted by Gasteiger charge is -2.04. The second-order valence-corrected chi connectivity index (χ2v) is 2.89. The van der Waals surface area contributed by atoms with Crippen LogP contribution >= 0.6 is 0 Å². The largest absolute Gasteiger partial charge is 0.476 e. The van der Waals surface area contributed by atoms with Gasteiger partial charge < -0.3 is 5.11 Å². The summed E-state index contributed by atoms with van der Waals surface area (Å²) in [6, 6.07) is 1.67. The number of fused-ring (bicyclic) bond motifs is 1. The normalized spacial score (nSPS) is 10.6. The Kier molecular flexibility index (Phi) is 1.92. The standard InChI is InChI=1S/C9H9N3O2/c1-2-6-5-10-7-3-4-11-12(7)8(6)9(13)14/h3-5H,2H2,1H3,(H,13,14). The van der Waals surface area contributed by atoms with E-state index in [1.54, 1.807) is 12.3 Å². The highest BCUT2D eigenvalue weighted by Gasteiger charge is 2.14. The van der Waals surface area contributed by atoms with Crippen molar-refractivity contribution < 1.29 is 9.90 Å². The average molecular weight is 191 g/mol. The molecule has 5 heteroatoms. The zero-order valence-electron chi connectivity index (χ0n) is 7.64. The molecular weight excluding hydrogens is 182 g/mol. The molecule has 72 valence electrons. The molecule has 2 heterocycles. The van der Waals surface area contributed by atoms with E-state index >= 15 is 0 Å². The van der Waals surface area contributed by atoms with Crippen LogP contribution in [0.5, 0.6) is 0 Å². The number of nitrogens with zero attached hydrogens (tertiary/aromatic N) is 3. The second kappa shape index (κ2) is 3.10. The third-order valence-electron chi connectivity index (χ3n) is 2.07. The van der Waals surface area contributed by atoms with Crippen LogP contribution in [0.25, 0.3) is 5.65 Å².